The molecule has 25 heavy (non-hydrogen) atoms. The van der Waals surface area contributed by atoms with Gasteiger partial charge in [0, 0.05) is 6.07 Å². The fraction of sp³-hybridized carbons (Fsp3) is 0.409. The van der Waals surface area contributed by atoms with Crippen molar-refractivity contribution in [3.05, 3.63) is 59.2 Å². The van der Waals surface area contributed by atoms with Gasteiger partial charge in [0.25, 0.3) is 0 Å². The van der Waals surface area contributed by atoms with Crippen molar-refractivity contribution in [3.8, 4) is 11.5 Å². The molecule has 0 spiro atoms. The number of hydrogen-bond acceptors (Lipinski definition) is 3. The summed E-state index contributed by atoms with van der Waals surface area (Å²) in [6.07, 6.45) is 6.60. The van der Waals surface area contributed by atoms with E-state index in [4.69, 9.17) is 4.74 Å². The molecule has 1 N–H and O–H groups in total. The van der Waals surface area contributed by atoms with E-state index in [9.17, 15) is 9.90 Å². The van der Waals surface area contributed by atoms with Gasteiger partial charge in [-0.05, 0) is 37.0 Å². The number of ether oxygens (including phenoxy) is 1. The number of carbonyl (C=O) groups is 1. The molecule has 134 valence electrons. The Morgan fingerprint density at radius 1 is 1.04 bits per heavy atom. The van der Waals surface area contributed by atoms with E-state index in [1.165, 1.54) is 26.2 Å². The van der Waals surface area contributed by atoms with Gasteiger partial charge in [-0.2, -0.15) is 0 Å². The predicted molar refractivity (Wildman–Crippen MR) is 101 cm³/mol. The molecule has 0 aliphatic rings. The van der Waals surface area contributed by atoms with Crippen LogP contribution in [0.25, 0.3) is 0 Å². The molecule has 3 heteroatoms. The minimum atomic E-state index is -0.101. The average Bonchev–Trinajstić information content (AvgIpc) is 2.60. The third-order valence-electron chi connectivity index (χ3n) is 4.32. The molecule has 0 amide bonds. The zero-order valence-electron chi connectivity index (χ0n) is 15.3. The highest BCUT2D eigenvalue weighted by molar-refractivity contribution is 5.98. The number of ketones is 1. The van der Waals surface area contributed by atoms with Gasteiger partial charge < -0.3 is 9.84 Å². The van der Waals surface area contributed by atoms with Gasteiger partial charge in [-0.15, -0.1) is 0 Å². The molecule has 0 bridgehead atoms. The number of aryl methyl sites for hydroxylation is 1. The number of carbonyl (C=O) groups excluding carboxylic acids is 1. The lowest BCUT2D eigenvalue weighted by Gasteiger charge is -2.13. The highest BCUT2D eigenvalue weighted by atomic mass is 16.5. The van der Waals surface area contributed by atoms with Crippen LogP contribution in [0.2, 0.25) is 0 Å². The van der Waals surface area contributed by atoms with Crippen molar-refractivity contribution < 1.29 is 14.6 Å². The van der Waals surface area contributed by atoms with Crippen LogP contribution in [-0.2, 0) is 13.0 Å². The monoisotopic (exact) mass is 340 g/mol. The third kappa shape index (κ3) is 5.93. The van der Waals surface area contributed by atoms with Gasteiger partial charge in [0.05, 0.1) is 5.56 Å². The number of aromatic hydroxyl groups is 1. The molecular weight excluding hydrogens is 312 g/mol. The first-order valence-corrected chi connectivity index (χ1v) is 9.15. The summed E-state index contributed by atoms with van der Waals surface area (Å²) in [5, 5.41) is 10.3. The van der Waals surface area contributed by atoms with E-state index in [1.807, 2.05) is 36.4 Å². The van der Waals surface area contributed by atoms with E-state index in [1.54, 1.807) is 6.07 Å². The number of rotatable bonds is 10. The summed E-state index contributed by atoms with van der Waals surface area (Å²) in [5.41, 5.74) is 2.38. The Hall–Kier alpha value is -2.29. The third-order valence-corrected chi connectivity index (χ3v) is 4.32. The largest absolute Gasteiger partial charge is 0.507 e. The summed E-state index contributed by atoms with van der Waals surface area (Å²) < 4.78 is 5.82. The Balaban J connectivity index is 2.08. The summed E-state index contributed by atoms with van der Waals surface area (Å²) in [6.45, 7) is 4.13. The molecule has 2 aromatic rings. The molecule has 2 rings (SSSR count). The minimum absolute atomic E-state index is 0.0154. The van der Waals surface area contributed by atoms with Gasteiger partial charge >= 0.3 is 0 Å². The molecule has 3 nitrogen and oxygen atoms in total. The van der Waals surface area contributed by atoms with Gasteiger partial charge in [0.1, 0.15) is 18.1 Å². The Morgan fingerprint density at radius 3 is 2.44 bits per heavy atom. The van der Waals surface area contributed by atoms with Crippen molar-refractivity contribution in [2.24, 2.45) is 0 Å². The van der Waals surface area contributed by atoms with E-state index in [2.05, 4.69) is 6.92 Å². The zero-order valence-corrected chi connectivity index (χ0v) is 15.3. The number of benzene rings is 2. The highest BCUT2D eigenvalue weighted by Gasteiger charge is 2.15. The molecule has 0 saturated carbocycles. The van der Waals surface area contributed by atoms with Crippen molar-refractivity contribution in [2.45, 2.75) is 59.0 Å². The van der Waals surface area contributed by atoms with E-state index >= 15 is 0 Å². The second-order valence-electron chi connectivity index (χ2n) is 6.47. The van der Waals surface area contributed by atoms with Crippen molar-refractivity contribution in [3.63, 3.8) is 0 Å². The maximum Gasteiger partial charge on any atom is 0.163 e. The lowest BCUT2D eigenvalue weighted by atomic mass is 9.97. The zero-order chi connectivity index (χ0) is 18.1. The summed E-state index contributed by atoms with van der Waals surface area (Å²) in [7, 11) is 0. The SMILES string of the molecule is CCCCCCCc1cc(OCc2ccccc2)cc(O)c1C(C)=O. The second kappa shape index (κ2) is 9.87. The van der Waals surface area contributed by atoms with Crippen molar-refractivity contribution >= 4 is 5.78 Å². The first-order chi connectivity index (χ1) is 12.1. The van der Waals surface area contributed by atoms with Crippen LogP contribution < -0.4 is 4.74 Å². The highest BCUT2D eigenvalue weighted by Crippen LogP contribution is 2.30. The molecule has 0 unspecified atom stereocenters. The summed E-state index contributed by atoms with van der Waals surface area (Å²) in [6, 6.07) is 13.3. The van der Waals surface area contributed by atoms with E-state index < -0.39 is 0 Å². The van der Waals surface area contributed by atoms with Crippen LogP contribution in [0, 0.1) is 0 Å². The van der Waals surface area contributed by atoms with Crippen LogP contribution in [0.15, 0.2) is 42.5 Å². The predicted octanol–water partition coefficient (Wildman–Crippen LogP) is 5.69. The maximum absolute atomic E-state index is 11.9. The van der Waals surface area contributed by atoms with Crippen LogP contribution in [0.1, 0.15) is 67.4 Å². The Kier molecular flexibility index (Phi) is 7.52. The van der Waals surface area contributed by atoms with Crippen molar-refractivity contribution in [1.29, 1.82) is 0 Å². The standard InChI is InChI=1S/C22H28O3/c1-3-4-5-6-10-13-19-14-20(15-21(24)22(19)17(2)23)25-16-18-11-8-7-9-12-18/h7-9,11-12,14-15,24H,3-6,10,13,16H2,1-2H3. The molecular formula is C22H28O3. The van der Waals surface area contributed by atoms with Crippen LogP contribution in [0.4, 0.5) is 0 Å². The van der Waals surface area contributed by atoms with Crippen LogP contribution in [0.5, 0.6) is 11.5 Å². The lowest BCUT2D eigenvalue weighted by Crippen LogP contribution is -2.03. The quantitative estimate of drug-likeness (QED) is 0.446. The van der Waals surface area contributed by atoms with E-state index in [-0.39, 0.29) is 11.5 Å². The number of phenolic OH excluding ortho intramolecular Hbond substituents is 1. The number of Topliss-reactive ketones (excluding diaryl/α,β-unsaturated/α-hetero) is 1. The second-order valence-corrected chi connectivity index (χ2v) is 6.47. The first kappa shape index (κ1) is 19.0. The molecule has 0 radical (unpaired) electrons. The van der Waals surface area contributed by atoms with Crippen molar-refractivity contribution in [2.75, 3.05) is 0 Å². The molecule has 0 fully saturated rings. The number of unbranched alkanes of at least 4 members (excludes halogenated alkanes) is 4. The Morgan fingerprint density at radius 2 is 1.76 bits per heavy atom. The van der Waals surface area contributed by atoms with E-state index in [0.717, 1.165) is 30.4 Å². The summed E-state index contributed by atoms with van der Waals surface area (Å²) in [5.74, 6) is 0.521. The Bertz CT molecular complexity index is 677. The van der Waals surface area contributed by atoms with Crippen LogP contribution >= 0.6 is 0 Å². The lowest BCUT2D eigenvalue weighted by molar-refractivity contribution is 0.101. The maximum atomic E-state index is 11.9. The average molecular weight is 340 g/mol. The van der Waals surface area contributed by atoms with Gasteiger partial charge in [0.2, 0.25) is 0 Å². The first-order valence-electron chi connectivity index (χ1n) is 9.15. The van der Waals surface area contributed by atoms with Gasteiger partial charge in [-0.1, -0.05) is 62.9 Å². The summed E-state index contributed by atoms with van der Waals surface area (Å²) >= 11 is 0. The van der Waals surface area contributed by atoms with Gasteiger partial charge in [-0.25, -0.2) is 0 Å². The molecule has 0 saturated heterocycles. The molecule has 0 atom stereocenters. The van der Waals surface area contributed by atoms with Crippen molar-refractivity contribution in [1.82, 2.24) is 0 Å². The molecule has 0 aliphatic heterocycles. The minimum Gasteiger partial charge on any atom is -0.507 e. The molecule has 0 aliphatic carbocycles. The van der Waals surface area contributed by atoms with Gasteiger partial charge in [0.15, 0.2) is 5.78 Å². The van der Waals surface area contributed by atoms with Gasteiger partial charge in [-0.3, -0.25) is 4.79 Å². The Labute approximate surface area is 150 Å². The molecule has 0 aromatic heterocycles. The smallest absolute Gasteiger partial charge is 0.163 e. The topological polar surface area (TPSA) is 46.5 Å². The number of phenols is 1. The fourth-order valence-electron chi connectivity index (χ4n) is 3.00. The molecule has 2 aromatic carbocycles. The van der Waals surface area contributed by atoms with E-state index in [0.29, 0.717) is 17.9 Å². The normalized spacial score (nSPS) is 10.6. The summed E-state index contributed by atoms with van der Waals surface area (Å²) in [4.78, 5) is 11.9. The fourth-order valence-corrected chi connectivity index (χ4v) is 3.00. The van der Waals surface area contributed by atoms with Crippen LogP contribution in [0.3, 0.4) is 0 Å². The number of hydrogen-bond donors (Lipinski definition) is 1. The molecule has 0 heterocycles. The van der Waals surface area contributed by atoms with Crippen LogP contribution in [-0.4, -0.2) is 10.9 Å².